The van der Waals surface area contributed by atoms with Crippen LogP contribution in [0.5, 0.6) is 0 Å². The molecule has 20 heavy (non-hydrogen) atoms. The molecule has 2 aromatic rings. The Kier molecular flexibility index (Phi) is 4.71. The molecule has 0 saturated heterocycles. The monoisotopic (exact) mass is 270 g/mol. The highest BCUT2D eigenvalue weighted by molar-refractivity contribution is 5.93. The highest BCUT2D eigenvalue weighted by Gasteiger charge is 2.16. The maximum Gasteiger partial charge on any atom is 0.257 e. The first-order chi connectivity index (χ1) is 9.70. The second-order valence-electron chi connectivity index (χ2n) is 4.68. The Balaban J connectivity index is 2.14. The lowest BCUT2D eigenvalue weighted by atomic mass is 10.0. The van der Waals surface area contributed by atoms with Crippen LogP contribution in [0.15, 0.2) is 54.9 Å². The van der Waals surface area contributed by atoms with Crippen LogP contribution in [0.2, 0.25) is 0 Å². The maximum absolute atomic E-state index is 12.2. The van der Waals surface area contributed by atoms with Crippen molar-refractivity contribution in [2.24, 2.45) is 0 Å². The second kappa shape index (κ2) is 6.70. The van der Waals surface area contributed by atoms with Gasteiger partial charge in [-0.2, -0.15) is 4.73 Å². The fourth-order valence-corrected chi connectivity index (χ4v) is 2.13. The highest BCUT2D eigenvalue weighted by atomic mass is 16.5. The normalized spacial score (nSPS) is 11.8. The molecule has 0 radical (unpaired) electrons. The number of nitrogens with one attached hydrogen (secondary N) is 1. The Morgan fingerprint density at radius 1 is 1.25 bits per heavy atom. The Hall–Kier alpha value is -2.36. The molecule has 0 saturated carbocycles. The molecule has 0 aliphatic rings. The minimum Gasteiger partial charge on any atom is -0.619 e. The lowest BCUT2D eigenvalue weighted by Gasteiger charge is -2.18. The average Bonchev–Trinajstić information content (AvgIpc) is 2.47. The topological polar surface area (TPSA) is 56.0 Å². The lowest BCUT2D eigenvalue weighted by Crippen LogP contribution is -2.32. The SMILES string of the molecule is CCC[C@@H](NC(=O)c1ccc[n+]([O-])c1)c1ccccc1. The fraction of sp³-hybridized carbons (Fsp3) is 0.250. The van der Waals surface area contributed by atoms with Gasteiger partial charge in [0.05, 0.1) is 6.04 Å². The molecule has 1 amide bonds. The van der Waals surface area contributed by atoms with Crippen LogP contribution in [0.1, 0.15) is 41.7 Å². The summed E-state index contributed by atoms with van der Waals surface area (Å²) in [6.07, 6.45) is 4.47. The first-order valence-corrected chi connectivity index (χ1v) is 6.75. The van der Waals surface area contributed by atoms with Crippen molar-refractivity contribution in [3.8, 4) is 0 Å². The minimum atomic E-state index is -0.225. The number of carbonyl (C=O) groups is 1. The minimum absolute atomic E-state index is 0.0333. The van der Waals surface area contributed by atoms with Gasteiger partial charge in [0.1, 0.15) is 5.56 Å². The summed E-state index contributed by atoms with van der Waals surface area (Å²) >= 11 is 0. The maximum atomic E-state index is 12.2. The van der Waals surface area contributed by atoms with Crippen LogP contribution in [-0.2, 0) is 0 Å². The van der Waals surface area contributed by atoms with Crippen LogP contribution in [0.3, 0.4) is 0 Å². The summed E-state index contributed by atoms with van der Waals surface area (Å²) in [4.78, 5) is 12.2. The van der Waals surface area contributed by atoms with Gasteiger partial charge in [0.2, 0.25) is 0 Å². The molecule has 1 atom stereocenters. The first kappa shape index (κ1) is 14.1. The predicted molar refractivity (Wildman–Crippen MR) is 77.0 cm³/mol. The van der Waals surface area contributed by atoms with Gasteiger partial charge in [-0.1, -0.05) is 43.7 Å². The number of rotatable bonds is 5. The molecule has 0 spiro atoms. The van der Waals surface area contributed by atoms with Crippen LogP contribution < -0.4 is 10.0 Å². The Bertz CT molecular complexity index is 570. The second-order valence-corrected chi connectivity index (χ2v) is 4.68. The molecular weight excluding hydrogens is 252 g/mol. The van der Waals surface area contributed by atoms with Crippen molar-refractivity contribution in [2.45, 2.75) is 25.8 Å². The fourth-order valence-electron chi connectivity index (χ4n) is 2.13. The average molecular weight is 270 g/mol. The standard InChI is InChI=1S/C16H18N2O2/c1-2-7-15(13-8-4-3-5-9-13)17-16(19)14-10-6-11-18(20)12-14/h3-6,8-12,15H,2,7H2,1H3,(H,17,19)/t15-/m1/s1. The summed E-state index contributed by atoms with van der Waals surface area (Å²) in [6, 6.07) is 13.0. The molecule has 1 heterocycles. The molecule has 1 aromatic carbocycles. The predicted octanol–water partition coefficient (Wildman–Crippen LogP) is 2.59. The molecular formula is C16H18N2O2. The van der Waals surface area contributed by atoms with E-state index >= 15 is 0 Å². The summed E-state index contributed by atoms with van der Waals surface area (Å²) in [7, 11) is 0. The number of hydrogen-bond acceptors (Lipinski definition) is 2. The Labute approximate surface area is 118 Å². The van der Waals surface area contributed by atoms with Crippen LogP contribution >= 0.6 is 0 Å². The molecule has 0 aliphatic carbocycles. The van der Waals surface area contributed by atoms with Gasteiger partial charge in [-0.05, 0) is 18.1 Å². The van der Waals surface area contributed by atoms with Crippen molar-refractivity contribution in [3.63, 3.8) is 0 Å². The van der Waals surface area contributed by atoms with E-state index in [1.165, 1.54) is 12.4 Å². The number of nitrogens with zero attached hydrogens (tertiary/aromatic N) is 1. The van der Waals surface area contributed by atoms with Crippen molar-refractivity contribution >= 4 is 5.91 Å². The largest absolute Gasteiger partial charge is 0.619 e. The van der Waals surface area contributed by atoms with Crippen molar-refractivity contribution in [3.05, 3.63) is 71.2 Å². The third-order valence-electron chi connectivity index (χ3n) is 3.12. The van der Waals surface area contributed by atoms with Crippen LogP contribution in [-0.4, -0.2) is 5.91 Å². The zero-order valence-corrected chi connectivity index (χ0v) is 11.5. The van der Waals surface area contributed by atoms with Gasteiger partial charge in [0.15, 0.2) is 12.4 Å². The molecule has 2 rings (SSSR count). The third-order valence-corrected chi connectivity index (χ3v) is 3.12. The van der Waals surface area contributed by atoms with E-state index in [-0.39, 0.29) is 11.9 Å². The molecule has 4 nitrogen and oxygen atoms in total. The van der Waals surface area contributed by atoms with Gasteiger partial charge in [-0.3, -0.25) is 4.79 Å². The number of benzene rings is 1. The van der Waals surface area contributed by atoms with Gasteiger partial charge in [0.25, 0.3) is 5.91 Å². The Morgan fingerprint density at radius 2 is 2.00 bits per heavy atom. The van der Waals surface area contributed by atoms with Crippen molar-refractivity contribution in [1.82, 2.24) is 5.32 Å². The van der Waals surface area contributed by atoms with E-state index in [4.69, 9.17) is 0 Å². The van der Waals surface area contributed by atoms with Crippen molar-refractivity contribution in [2.75, 3.05) is 0 Å². The van der Waals surface area contributed by atoms with Gasteiger partial charge in [0, 0.05) is 6.07 Å². The summed E-state index contributed by atoms with van der Waals surface area (Å²) in [5.74, 6) is -0.225. The molecule has 104 valence electrons. The lowest BCUT2D eigenvalue weighted by molar-refractivity contribution is -0.605. The van der Waals surface area contributed by atoms with Crippen LogP contribution in [0.4, 0.5) is 0 Å². The molecule has 4 heteroatoms. The number of hydrogen-bond donors (Lipinski definition) is 1. The molecule has 1 aromatic heterocycles. The molecule has 0 fully saturated rings. The number of aromatic nitrogens is 1. The zero-order chi connectivity index (χ0) is 14.4. The third kappa shape index (κ3) is 3.57. The van der Waals surface area contributed by atoms with E-state index < -0.39 is 0 Å². The van der Waals surface area contributed by atoms with E-state index in [1.54, 1.807) is 12.1 Å². The van der Waals surface area contributed by atoms with Crippen molar-refractivity contribution in [1.29, 1.82) is 0 Å². The smallest absolute Gasteiger partial charge is 0.257 e. The van der Waals surface area contributed by atoms with Crippen molar-refractivity contribution < 1.29 is 9.52 Å². The molecule has 1 N–H and O–H groups in total. The number of carbonyl (C=O) groups excluding carboxylic acids is 1. The molecule has 0 bridgehead atoms. The Morgan fingerprint density at radius 3 is 2.65 bits per heavy atom. The van der Waals surface area contributed by atoms with Crippen LogP contribution in [0, 0.1) is 5.21 Å². The highest BCUT2D eigenvalue weighted by Crippen LogP contribution is 2.18. The molecule has 0 unspecified atom stereocenters. The molecule has 0 aliphatic heterocycles. The van der Waals surface area contributed by atoms with E-state index in [9.17, 15) is 10.0 Å². The summed E-state index contributed by atoms with van der Waals surface area (Å²) in [5.41, 5.74) is 1.45. The summed E-state index contributed by atoms with van der Waals surface area (Å²) < 4.78 is 0.631. The van der Waals surface area contributed by atoms with Crippen LogP contribution in [0.25, 0.3) is 0 Å². The van der Waals surface area contributed by atoms with E-state index in [1.807, 2.05) is 30.3 Å². The number of amides is 1. The van der Waals surface area contributed by atoms with Gasteiger partial charge in [-0.25, -0.2) is 0 Å². The van der Waals surface area contributed by atoms with E-state index in [2.05, 4.69) is 12.2 Å². The first-order valence-electron chi connectivity index (χ1n) is 6.75. The van der Waals surface area contributed by atoms with Gasteiger partial charge >= 0.3 is 0 Å². The summed E-state index contributed by atoms with van der Waals surface area (Å²) in [5, 5.41) is 14.2. The van der Waals surface area contributed by atoms with Gasteiger partial charge < -0.3 is 10.5 Å². The van der Waals surface area contributed by atoms with E-state index in [0.29, 0.717) is 10.3 Å². The zero-order valence-electron chi connectivity index (χ0n) is 11.5. The number of pyridine rings is 1. The van der Waals surface area contributed by atoms with E-state index in [0.717, 1.165) is 18.4 Å². The van der Waals surface area contributed by atoms with Gasteiger partial charge in [-0.15, -0.1) is 0 Å². The summed E-state index contributed by atoms with van der Waals surface area (Å²) in [6.45, 7) is 2.08. The quantitative estimate of drug-likeness (QED) is 0.670.